The lowest BCUT2D eigenvalue weighted by molar-refractivity contribution is -0.127. The van der Waals surface area contributed by atoms with Gasteiger partial charge in [0.05, 0.1) is 0 Å². The van der Waals surface area contributed by atoms with Crippen molar-refractivity contribution in [3.63, 3.8) is 0 Å². The van der Waals surface area contributed by atoms with Gasteiger partial charge in [-0.3, -0.25) is 9.59 Å². The van der Waals surface area contributed by atoms with Gasteiger partial charge in [0.15, 0.2) is 0 Å². The van der Waals surface area contributed by atoms with Crippen LogP contribution in [0.25, 0.3) is 6.08 Å². The Morgan fingerprint density at radius 3 is 2.38 bits per heavy atom. The van der Waals surface area contributed by atoms with E-state index in [9.17, 15) is 14.7 Å². The largest absolute Gasteiger partial charge is 0.396 e. The Hall–Kier alpha value is -2.14. The number of aliphatic hydroxyl groups excluding tert-OH is 1. The van der Waals surface area contributed by atoms with Crippen LogP contribution in [-0.2, 0) is 4.79 Å². The van der Waals surface area contributed by atoms with E-state index in [2.05, 4.69) is 5.32 Å². The summed E-state index contributed by atoms with van der Waals surface area (Å²) in [5, 5.41) is 11.8. The number of benzene rings is 1. The van der Waals surface area contributed by atoms with Gasteiger partial charge in [0.2, 0.25) is 5.91 Å². The Bertz CT molecular complexity index is 587. The lowest BCUT2D eigenvalue weighted by Gasteiger charge is -2.33. The Balaban J connectivity index is 1.91. The quantitative estimate of drug-likeness (QED) is 0.812. The molecule has 1 aromatic rings. The predicted octanol–water partition coefficient (Wildman–Crippen LogP) is 2.07. The summed E-state index contributed by atoms with van der Waals surface area (Å²) in [6, 6.07) is 7.37. The molecular formula is C19H26N2O3. The molecule has 5 heteroatoms. The molecule has 1 fully saturated rings. The van der Waals surface area contributed by atoms with Crippen molar-refractivity contribution in [1.82, 2.24) is 10.2 Å². The third-order valence-corrected chi connectivity index (χ3v) is 4.79. The first-order chi connectivity index (χ1) is 11.5. The molecule has 0 heterocycles. The van der Waals surface area contributed by atoms with Crippen LogP contribution in [0.2, 0.25) is 0 Å². The van der Waals surface area contributed by atoms with E-state index in [1.54, 1.807) is 36.2 Å². The first-order valence-corrected chi connectivity index (χ1v) is 8.43. The van der Waals surface area contributed by atoms with Crippen molar-refractivity contribution in [1.29, 1.82) is 0 Å². The summed E-state index contributed by atoms with van der Waals surface area (Å²) in [4.78, 5) is 25.6. The zero-order valence-corrected chi connectivity index (χ0v) is 14.4. The van der Waals surface area contributed by atoms with E-state index in [0.717, 1.165) is 31.2 Å². The molecule has 0 spiro atoms. The molecule has 0 bridgehead atoms. The van der Waals surface area contributed by atoms with Crippen molar-refractivity contribution in [2.24, 2.45) is 5.92 Å². The number of hydrogen-bond acceptors (Lipinski definition) is 3. The lowest BCUT2D eigenvalue weighted by Crippen LogP contribution is -2.39. The molecule has 0 radical (unpaired) electrons. The SMILES string of the molecule is CNC(=O)c1ccc(/C=C/C(=O)N(C)C2CCC(CO)CC2)cc1. The number of aliphatic hydroxyl groups is 1. The molecule has 0 aromatic heterocycles. The van der Waals surface area contributed by atoms with Crippen molar-refractivity contribution in [2.75, 3.05) is 20.7 Å². The van der Waals surface area contributed by atoms with Crippen LogP contribution in [0.15, 0.2) is 30.3 Å². The Kier molecular flexibility index (Phi) is 6.55. The van der Waals surface area contributed by atoms with Crippen molar-refractivity contribution in [2.45, 2.75) is 31.7 Å². The molecule has 5 nitrogen and oxygen atoms in total. The van der Waals surface area contributed by atoms with Crippen LogP contribution in [0.1, 0.15) is 41.6 Å². The van der Waals surface area contributed by atoms with E-state index in [4.69, 9.17) is 0 Å². The lowest BCUT2D eigenvalue weighted by atomic mass is 9.86. The van der Waals surface area contributed by atoms with Gasteiger partial charge in [-0.25, -0.2) is 0 Å². The van der Waals surface area contributed by atoms with Crippen molar-refractivity contribution < 1.29 is 14.7 Å². The number of nitrogens with one attached hydrogen (secondary N) is 1. The van der Waals surface area contributed by atoms with Gasteiger partial charge < -0.3 is 15.3 Å². The van der Waals surface area contributed by atoms with E-state index in [1.165, 1.54) is 0 Å². The van der Waals surface area contributed by atoms with Crippen LogP contribution >= 0.6 is 0 Å². The maximum atomic E-state index is 12.3. The highest BCUT2D eigenvalue weighted by Crippen LogP contribution is 2.26. The highest BCUT2D eigenvalue weighted by atomic mass is 16.3. The molecule has 24 heavy (non-hydrogen) atoms. The summed E-state index contributed by atoms with van der Waals surface area (Å²) < 4.78 is 0. The van der Waals surface area contributed by atoms with Gasteiger partial charge in [-0.1, -0.05) is 12.1 Å². The second-order valence-electron chi connectivity index (χ2n) is 6.34. The summed E-state index contributed by atoms with van der Waals surface area (Å²) in [6.45, 7) is 0.246. The molecule has 0 atom stereocenters. The number of nitrogens with zero attached hydrogens (tertiary/aromatic N) is 1. The van der Waals surface area contributed by atoms with Crippen molar-refractivity contribution in [3.8, 4) is 0 Å². The van der Waals surface area contributed by atoms with Gasteiger partial charge in [-0.15, -0.1) is 0 Å². The predicted molar refractivity (Wildman–Crippen MR) is 94.5 cm³/mol. The van der Waals surface area contributed by atoms with Crippen LogP contribution in [0, 0.1) is 5.92 Å². The van der Waals surface area contributed by atoms with Crippen LogP contribution in [0.3, 0.4) is 0 Å². The minimum atomic E-state index is -0.125. The van der Waals surface area contributed by atoms with Gasteiger partial charge in [0.1, 0.15) is 0 Å². The normalized spacial score (nSPS) is 20.8. The van der Waals surface area contributed by atoms with E-state index >= 15 is 0 Å². The van der Waals surface area contributed by atoms with E-state index < -0.39 is 0 Å². The van der Waals surface area contributed by atoms with Gasteiger partial charge in [-0.2, -0.15) is 0 Å². The summed E-state index contributed by atoms with van der Waals surface area (Å²) in [5.74, 6) is 0.247. The Morgan fingerprint density at radius 2 is 1.83 bits per heavy atom. The van der Waals surface area contributed by atoms with Crippen molar-refractivity contribution in [3.05, 3.63) is 41.5 Å². The highest BCUT2D eigenvalue weighted by Gasteiger charge is 2.25. The highest BCUT2D eigenvalue weighted by molar-refractivity contribution is 5.94. The zero-order chi connectivity index (χ0) is 17.5. The topological polar surface area (TPSA) is 69.6 Å². The average Bonchev–Trinajstić information content (AvgIpc) is 2.65. The molecule has 1 saturated carbocycles. The number of amides is 2. The maximum absolute atomic E-state index is 12.3. The first-order valence-electron chi connectivity index (χ1n) is 8.43. The van der Waals surface area contributed by atoms with Crippen LogP contribution in [0.4, 0.5) is 0 Å². The fraction of sp³-hybridized carbons (Fsp3) is 0.474. The van der Waals surface area contributed by atoms with Crippen molar-refractivity contribution >= 4 is 17.9 Å². The number of carbonyl (C=O) groups excluding carboxylic acids is 2. The molecule has 1 aliphatic carbocycles. The third-order valence-electron chi connectivity index (χ3n) is 4.79. The van der Waals surface area contributed by atoms with Gasteiger partial charge >= 0.3 is 0 Å². The molecule has 2 rings (SSSR count). The number of hydrogen-bond donors (Lipinski definition) is 2. The molecular weight excluding hydrogens is 304 g/mol. The number of rotatable bonds is 5. The Morgan fingerprint density at radius 1 is 1.21 bits per heavy atom. The first kappa shape index (κ1) is 18.2. The second kappa shape index (κ2) is 8.64. The number of likely N-dealkylation sites (N-methyl/N-ethyl adjacent to an activating group) is 1. The minimum absolute atomic E-state index is 0.0159. The standard InChI is InChI=1S/C19H26N2O3/c1-20-19(24)16-8-3-14(4-9-16)7-12-18(23)21(2)17-10-5-15(13-22)6-11-17/h3-4,7-9,12,15,17,22H,5-6,10-11,13H2,1-2H3,(H,20,24)/b12-7+. The molecule has 1 aliphatic rings. The molecule has 1 aromatic carbocycles. The number of carbonyl (C=O) groups is 2. The molecule has 0 saturated heterocycles. The van der Waals surface area contributed by atoms with Gasteiger partial charge in [0, 0.05) is 38.4 Å². The Labute approximate surface area is 143 Å². The summed E-state index contributed by atoms with van der Waals surface area (Å²) in [6.07, 6.45) is 7.19. The average molecular weight is 330 g/mol. The maximum Gasteiger partial charge on any atom is 0.251 e. The molecule has 0 unspecified atom stereocenters. The van der Waals surface area contributed by atoms with E-state index in [-0.39, 0.29) is 24.5 Å². The van der Waals surface area contributed by atoms with Gasteiger partial charge in [-0.05, 0) is 55.4 Å². The van der Waals surface area contributed by atoms with Gasteiger partial charge in [0.25, 0.3) is 5.91 Å². The van der Waals surface area contributed by atoms with Crippen LogP contribution < -0.4 is 5.32 Å². The fourth-order valence-electron chi connectivity index (χ4n) is 3.07. The van der Waals surface area contributed by atoms with Crippen LogP contribution in [0.5, 0.6) is 0 Å². The van der Waals surface area contributed by atoms with E-state index in [1.807, 2.05) is 19.2 Å². The summed E-state index contributed by atoms with van der Waals surface area (Å²) in [5.41, 5.74) is 1.48. The summed E-state index contributed by atoms with van der Waals surface area (Å²) in [7, 11) is 3.43. The monoisotopic (exact) mass is 330 g/mol. The molecule has 2 amide bonds. The fourth-order valence-corrected chi connectivity index (χ4v) is 3.07. The summed E-state index contributed by atoms with van der Waals surface area (Å²) >= 11 is 0. The smallest absolute Gasteiger partial charge is 0.251 e. The van der Waals surface area contributed by atoms with E-state index in [0.29, 0.717) is 11.5 Å². The van der Waals surface area contributed by atoms with Crippen LogP contribution in [-0.4, -0.2) is 48.6 Å². The minimum Gasteiger partial charge on any atom is -0.396 e. The molecule has 0 aliphatic heterocycles. The third kappa shape index (κ3) is 4.68. The zero-order valence-electron chi connectivity index (χ0n) is 14.4. The molecule has 130 valence electrons. The second-order valence-corrected chi connectivity index (χ2v) is 6.34. The molecule has 2 N–H and O–H groups in total.